The van der Waals surface area contributed by atoms with Gasteiger partial charge >= 0.3 is 33.7 Å². The Morgan fingerprint density at radius 2 is 0.842 bits per heavy atom. The summed E-state index contributed by atoms with van der Waals surface area (Å²) in [5.41, 5.74) is 6.19. The molecule has 0 saturated heterocycles. The maximum absolute atomic E-state index is 3.40. The summed E-state index contributed by atoms with van der Waals surface area (Å²) in [6, 6.07) is 25.0. The molecule has 0 spiro atoms. The topological polar surface area (TPSA) is 0 Å². The van der Waals surface area contributed by atoms with Crippen LogP contribution in [0.3, 0.4) is 0 Å². The van der Waals surface area contributed by atoms with Gasteiger partial charge in [-0.05, 0) is 0 Å². The minimum absolute atomic E-state index is 0. The third-order valence-electron chi connectivity index (χ3n) is 5.36. The van der Waals surface area contributed by atoms with E-state index < -0.39 is 0 Å². The second-order valence-corrected chi connectivity index (χ2v) is 10.9. The molecule has 2 aliphatic rings. The summed E-state index contributed by atoms with van der Waals surface area (Å²) in [5.74, 6) is 1.04. The van der Waals surface area contributed by atoms with Crippen LogP contribution in [0.4, 0.5) is 0 Å². The molecule has 2 aromatic carbocycles. The van der Waals surface area contributed by atoms with E-state index in [0.717, 1.165) is 0 Å². The fraction of sp³-hybridized carbons (Fsp3) is 0.412. The summed E-state index contributed by atoms with van der Waals surface area (Å²) >= 11 is 3.14. The van der Waals surface area contributed by atoms with Crippen LogP contribution in [0, 0.1) is 47.0 Å². The number of hydrogen-bond donors (Lipinski definition) is 0. The quantitative estimate of drug-likeness (QED) is 0.191. The molecular weight excluding hydrogens is 643 g/mol. The molecule has 210 valence electrons. The Kier molecular flexibility index (Phi) is 24.4. The van der Waals surface area contributed by atoms with Gasteiger partial charge in [0.2, 0.25) is 0 Å². The van der Waals surface area contributed by atoms with E-state index in [1.165, 1.54) is 34.4 Å². The van der Waals surface area contributed by atoms with Crippen LogP contribution < -0.4 is 0 Å². The summed E-state index contributed by atoms with van der Waals surface area (Å²) < 4.78 is 0. The van der Waals surface area contributed by atoms with Gasteiger partial charge in [-0.2, -0.15) is 96.1 Å². The maximum atomic E-state index is 3.40. The zero-order chi connectivity index (χ0) is 27.8. The molecule has 0 fully saturated rings. The Morgan fingerprint density at radius 3 is 0.921 bits per heavy atom. The molecule has 0 heterocycles. The van der Waals surface area contributed by atoms with E-state index in [9.17, 15) is 0 Å². The van der Waals surface area contributed by atoms with E-state index in [2.05, 4.69) is 106 Å². The minimum atomic E-state index is 0. The van der Waals surface area contributed by atoms with Crippen molar-refractivity contribution in [3.05, 3.63) is 119 Å². The van der Waals surface area contributed by atoms with E-state index >= 15 is 0 Å². The first kappa shape index (κ1) is 41.9. The number of benzene rings is 2. The van der Waals surface area contributed by atoms with Crippen LogP contribution >= 0.6 is 24.8 Å². The van der Waals surface area contributed by atoms with Gasteiger partial charge in [-0.25, -0.2) is 11.1 Å². The molecule has 2 atom stereocenters. The molecule has 0 amide bonds. The van der Waals surface area contributed by atoms with Crippen LogP contribution in [0.1, 0.15) is 69.2 Å². The van der Waals surface area contributed by atoms with Gasteiger partial charge in [0, 0.05) is 0 Å². The first-order valence-corrected chi connectivity index (χ1v) is 23.2. The van der Waals surface area contributed by atoms with Crippen molar-refractivity contribution in [3.8, 4) is 0 Å². The van der Waals surface area contributed by atoms with Crippen LogP contribution in [-0.2, 0) is 21.6 Å². The van der Waals surface area contributed by atoms with Crippen molar-refractivity contribution in [2.24, 2.45) is 22.7 Å². The zero-order valence-electron chi connectivity index (χ0n) is 25.1. The van der Waals surface area contributed by atoms with Crippen LogP contribution in [0.25, 0.3) is 0 Å². The smallest absolute Gasteiger partial charge is 0.171 e. The van der Waals surface area contributed by atoms with Crippen molar-refractivity contribution in [1.82, 2.24) is 0 Å². The molecule has 0 saturated carbocycles. The van der Waals surface area contributed by atoms with E-state index in [4.69, 9.17) is 0 Å². The predicted octanol–water partition coefficient (Wildman–Crippen LogP) is 9.61. The Balaban J connectivity index is -0.000000426. The molecule has 2 aromatic rings. The summed E-state index contributed by atoms with van der Waals surface area (Å²) in [5, 5.41) is 0. The fourth-order valence-corrected chi connectivity index (χ4v) is 3.98. The molecule has 0 aliphatic heterocycles. The van der Waals surface area contributed by atoms with Crippen LogP contribution in [0.15, 0.2) is 95.1 Å². The van der Waals surface area contributed by atoms with Crippen molar-refractivity contribution in [3.63, 3.8) is 0 Å². The zero-order valence-corrected chi connectivity index (χ0v) is 32.2. The first-order chi connectivity index (χ1) is 16.8. The standard InChI is InChI=1S/2C11H17.2C6H5.2ClH.GeH2.Zr/c2*1-8-6-9(2)10(7-8)11(3,4)5;2*1-2-4-6-5-3-1;;;;/h2*7-8H,1-5H3;2*1-5H;2*1H;1H2;/q4*-1;;;;. The predicted molar refractivity (Wildman–Crippen MR) is 172 cm³/mol. The average molecular weight is 691 g/mol. The molecular formula is C34H48Cl2GeZr-4. The monoisotopic (exact) mass is 690 g/mol. The summed E-state index contributed by atoms with van der Waals surface area (Å²) in [6.45, 7) is 22.2. The van der Waals surface area contributed by atoms with Gasteiger partial charge in [-0.3, -0.25) is 12.2 Å². The normalized spacial score (nSPS) is 17.1. The van der Waals surface area contributed by atoms with Gasteiger partial charge in [0.25, 0.3) is 0 Å². The molecule has 0 aromatic heterocycles. The van der Waals surface area contributed by atoms with Gasteiger partial charge in [0.05, 0.1) is 0 Å². The second-order valence-electron chi connectivity index (χ2n) is 10.9. The van der Waals surface area contributed by atoms with E-state index in [1.54, 1.807) is 21.6 Å². The summed E-state index contributed by atoms with van der Waals surface area (Å²) in [6.07, 6.45) is 11.4. The molecule has 38 heavy (non-hydrogen) atoms. The van der Waals surface area contributed by atoms with E-state index in [-0.39, 0.29) is 24.8 Å². The molecule has 0 bridgehead atoms. The van der Waals surface area contributed by atoms with Gasteiger partial charge in [0.1, 0.15) is 0 Å². The van der Waals surface area contributed by atoms with E-state index in [1.807, 2.05) is 60.7 Å². The molecule has 2 unspecified atom stereocenters. The first-order valence-electron chi connectivity index (χ1n) is 12.7. The van der Waals surface area contributed by atoms with Crippen molar-refractivity contribution in [2.45, 2.75) is 69.2 Å². The second kappa shape index (κ2) is 22.1. The molecule has 4 heteroatoms. The third kappa shape index (κ3) is 18.6. The average Bonchev–Trinajstić information content (AvgIpc) is 3.38. The van der Waals surface area contributed by atoms with Gasteiger partial charge < -0.3 is 0 Å². The molecule has 0 nitrogen and oxygen atoms in total. The molecule has 0 N–H and O–H groups in total. The van der Waals surface area contributed by atoms with Gasteiger partial charge in [-0.1, -0.05) is 91.9 Å². The third-order valence-corrected chi connectivity index (χ3v) is 5.36. The minimum Gasteiger partial charge on any atom is -0.184 e. The number of allylic oxidation sites excluding steroid dienone is 8. The Labute approximate surface area is 267 Å². The Hall–Kier alpha value is -0.594. The van der Waals surface area contributed by atoms with Crippen molar-refractivity contribution in [2.75, 3.05) is 0 Å². The van der Waals surface area contributed by atoms with E-state index in [0.29, 0.717) is 22.7 Å². The van der Waals surface area contributed by atoms with Gasteiger partial charge in [-0.15, -0.1) is 24.8 Å². The van der Waals surface area contributed by atoms with Crippen molar-refractivity contribution < 1.29 is 21.6 Å². The van der Waals surface area contributed by atoms with Crippen LogP contribution in [-0.4, -0.2) is 12.1 Å². The molecule has 2 aliphatic carbocycles. The van der Waals surface area contributed by atoms with Crippen molar-refractivity contribution in [1.29, 1.82) is 0 Å². The molecule has 4 rings (SSSR count). The van der Waals surface area contributed by atoms with Gasteiger partial charge in [0.15, 0.2) is 0 Å². The number of hydrogen-bond acceptors (Lipinski definition) is 0. The summed E-state index contributed by atoms with van der Waals surface area (Å²) in [4.78, 5) is 0. The maximum Gasteiger partial charge on any atom is -0.171 e. The number of rotatable bonds is 0. The molecule has 0 radical (unpaired) electrons. The van der Waals surface area contributed by atoms with Crippen molar-refractivity contribution >= 4 is 37.0 Å². The summed E-state index contributed by atoms with van der Waals surface area (Å²) in [7, 11) is 0. The van der Waals surface area contributed by atoms with Crippen LogP contribution in [0.2, 0.25) is 0 Å². The Bertz CT molecular complexity index is 844. The Morgan fingerprint density at radius 1 is 0.579 bits per heavy atom. The SMILES string of the molecule is CC1=[C-]C(C)C=C1C(C)(C)C.CC1=[C-]C(C)C=C1C(C)(C)C.Cl.Cl.[GeH2]=[Zr].[c-]1ccccc1.[c-]1ccccc1. The fourth-order valence-electron chi connectivity index (χ4n) is 3.98. The van der Waals surface area contributed by atoms with Crippen LogP contribution in [0.5, 0.6) is 0 Å². The number of halogens is 2. The largest absolute Gasteiger partial charge is 0.184 e.